The fourth-order valence-electron chi connectivity index (χ4n) is 1.43. The lowest BCUT2D eigenvalue weighted by molar-refractivity contribution is 0.0599. The Hall–Kier alpha value is -2.50. The van der Waals surface area contributed by atoms with Crippen molar-refractivity contribution in [2.75, 3.05) is 7.11 Å². The normalized spacial score (nSPS) is 10.1. The average Bonchev–Trinajstić information content (AvgIpc) is 2.44. The number of carbonyl (C=O) groups excluding carboxylic acids is 1. The van der Waals surface area contributed by atoms with Crippen LogP contribution in [0.4, 0.5) is 4.39 Å². The van der Waals surface area contributed by atoms with Crippen molar-refractivity contribution in [3.8, 4) is 11.8 Å². The molecule has 98 valence electrons. The summed E-state index contributed by atoms with van der Waals surface area (Å²) < 4.78 is 23.6. The van der Waals surface area contributed by atoms with Crippen molar-refractivity contribution >= 4 is 5.97 Å². The average molecular weight is 262 g/mol. The standard InChI is InChI=1S/C13H11FN2O3/c1-8-10(14)6-9(12(17)18-2)7-11(8)19-13-15-4-3-5-16-13/h3-7H,1-2H3. The number of hydrogen-bond donors (Lipinski definition) is 0. The highest BCUT2D eigenvalue weighted by Crippen LogP contribution is 2.26. The summed E-state index contributed by atoms with van der Waals surface area (Å²) in [6.45, 7) is 1.54. The minimum Gasteiger partial charge on any atom is -0.465 e. The Bertz CT molecular complexity index is 602. The number of methoxy groups -OCH3 is 1. The summed E-state index contributed by atoms with van der Waals surface area (Å²) in [7, 11) is 1.22. The van der Waals surface area contributed by atoms with Gasteiger partial charge in [-0.15, -0.1) is 0 Å². The van der Waals surface area contributed by atoms with Gasteiger partial charge in [-0.2, -0.15) is 0 Å². The fraction of sp³-hybridized carbons (Fsp3) is 0.154. The molecule has 1 aromatic carbocycles. The number of benzene rings is 1. The highest BCUT2D eigenvalue weighted by molar-refractivity contribution is 5.90. The van der Waals surface area contributed by atoms with Gasteiger partial charge in [-0.3, -0.25) is 0 Å². The smallest absolute Gasteiger partial charge is 0.338 e. The number of hydrogen-bond acceptors (Lipinski definition) is 5. The predicted molar refractivity (Wildman–Crippen MR) is 64.6 cm³/mol. The molecule has 2 rings (SSSR count). The zero-order chi connectivity index (χ0) is 13.8. The van der Waals surface area contributed by atoms with Gasteiger partial charge in [-0.1, -0.05) is 0 Å². The van der Waals surface area contributed by atoms with Crippen LogP contribution >= 0.6 is 0 Å². The van der Waals surface area contributed by atoms with Crippen molar-refractivity contribution in [3.63, 3.8) is 0 Å². The summed E-state index contributed by atoms with van der Waals surface area (Å²) in [5.74, 6) is -1.03. The Balaban J connectivity index is 2.39. The van der Waals surface area contributed by atoms with E-state index in [2.05, 4.69) is 14.7 Å². The van der Waals surface area contributed by atoms with Crippen molar-refractivity contribution in [3.05, 3.63) is 47.5 Å². The van der Waals surface area contributed by atoms with Crippen LogP contribution in [-0.2, 0) is 4.74 Å². The largest absolute Gasteiger partial charge is 0.465 e. The van der Waals surface area contributed by atoms with Gasteiger partial charge in [0.2, 0.25) is 0 Å². The van der Waals surface area contributed by atoms with Gasteiger partial charge < -0.3 is 9.47 Å². The Morgan fingerprint density at radius 1 is 1.26 bits per heavy atom. The molecule has 0 spiro atoms. The monoisotopic (exact) mass is 262 g/mol. The molecular weight excluding hydrogens is 251 g/mol. The molecule has 2 aromatic rings. The maximum absolute atomic E-state index is 13.7. The second-order valence-corrected chi connectivity index (χ2v) is 3.71. The van der Waals surface area contributed by atoms with Crippen LogP contribution in [0.15, 0.2) is 30.6 Å². The lowest BCUT2D eigenvalue weighted by Crippen LogP contribution is -2.04. The van der Waals surface area contributed by atoms with Gasteiger partial charge >= 0.3 is 12.0 Å². The van der Waals surface area contributed by atoms with Gasteiger partial charge in [0.15, 0.2) is 0 Å². The van der Waals surface area contributed by atoms with E-state index in [1.54, 1.807) is 6.07 Å². The third kappa shape index (κ3) is 2.85. The molecule has 1 aromatic heterocycles. The maximum Gasteiger partial charge on any atom is 0.338 e. The number of esters is 1. The van der Waals surface area contributed by atoms with E-state index in [9.17, 15) is 9.18 Å². The van der Waals surface area contributed by atoms with Crippen LogP contribution in [0.3, 0.4) is 0 Å². The summed E-state index contributed by atoms with van der Waals surface area (Å²) in [6, 6.07) is 4.19. The summed E-state index contributed by atoms with van der Waals surface area (Å²) in [6.07, 6.45) is 3.00. The lowest BCUT2D eigenvalue weighted by atomic mass is 10.1. The number of ether oxygens (including phenoxy) is 2. The van der Waals surface area contributed by atoms with Crippen molar-refractivity contribution in [1.29, 1.82) is 0 Å². The first-order chi connectivity index (χ1) is 9.11. The quantitative estimate of drug-likeness (QED) is 0.795. The lowest BCUT2D eigenvalue weighted by Gasteiger charge is -2.09. The Kier molecular flexibility index (Phi) is 3.70. The zero-order valence-electron chi connectivity index (χ0n) is 10.4. The number of rotatable bonds is 3. The maximum atomic E-state index is 13.7. The van der Waals surface area contributed by atoms with E-state index in [0.29, 0.717) is 0 Å². The second-order valence-electron chi connectivity index (χ2n) is 3.71. The van der Waals surface area contributed by atoms with Crippen LogP contribution in [0.1, 0.15) is 15.9 Å². The highest BCUT2D eigenvalue weighted by atomic mass is 19.1. The first-order valence-electron chi connectivity index (χ1n) is 5.45. The van der Waals surface area contributed by atoms with Crippen molar-refractivity contribution in [1.82, 2.24) is 9.97 Å². The van der Waals surface area contributed by atoms with Crippen LogP contribution in [0.25, 0.3) is 0 Å². The van der Waals surface area contributed by atoms with Gasteiger partial charge in [0.05, 0.1) is 12.7 Å². The van der Waals surface area contributed by atoms with E-state index in [1.165, 1.54) is 32.5 Å². The molecule has 6 heteroatoms. The van der Waals surface area contributed by atoms with Crippen LogP contribution in [0, 0.1) is 12.7 Å². The van der Waals surface area contributed by atoms with E-state index >= 15 is 0 Å². The Morgan fingerprint density at radius 3 is 2.58 bits per heavy atom. The molecule has 0 aliphatic heterocycles. The first-order valence-corrected chi connectivity index (χ1v) is 5.45. The van der Waals surface area contributed by atoms with Gasteiger partial charge in [0.1, 0.15) is 11.6 Å². The third-order valence-electron chi connectivity index (χ3n) is 2.46. The van der Waals surface area contributed by atoms with Gasteiger partial charge in [-0.25, -0.2) is 19.2 Å². The summed E-state index contributed by atoms with van der Waals surface area (Å²) in [4.78, 5) is 19.1. The molecule has 5 nitrogen and oxygen atoms in total. The molecule has 0 N–H and O–H groups in total. The molecule has 0 saturated carbocycles. The molecule has 1 heterocycles. The Morgan fingerprint density at radius 2 is 1.95 bits per heavy atom. The Labute approximate surface area is 109 Å². The molecule has 0 radical (unpaired) electrons. The summed E-state index contributed by atoms with van der Waals surface area (Å²) >= 11 is 0. The number of carbonyl (C=O) groups is 1. The van der Waals surface area contributed by atoms with Crippen LogP contribution < -0.4 is 4.74 Å². The number of aromatic nitrogens is 2. The van der Waals surface area contributed by atoms with Crippen LogP contribution in [0.5, 0.6) is 11.8 Å². The molecule has 0 unspecified atom stereocenters. The molecule has 19 heavy (non-hydrogen) atoms. The number of halogens is 1. The van der Waals surface area contributed by atoms with E-state index in [4.69, 9.17) is 4.74 Å². The van der Waals surface area contributed by atoms with Gasteiger partial charge in [-0.05, 0) is 25.1 Å². The second kappa shape index (κ2) is 5.43. The van der Waals surface area contributed by atoms with Gasteiger partial charge in [0, 0.05) is 18.0 Å². The molecule has 0 aliphatic rings. The van der Waals surface area contributed by atoms with Crippen LogP contribution in [-0.4, -0.2) is 23.0 Å². The van der Waals surface area contributed by atoms with E-state index < -0.39 is 11.8 Å². The summed E-state index contributed by atoms with van der Waals surface area (Å²) in [5, 5.41) is 0. The topological polar surface area (TPSA) is 61.3 Å². The minimum absolute atomic E-state index is 0.0662. The third-order valence-corrected chi connectivity index (χ3v) is 2.46. The number of nitrogens with zero attached hydrogens (tertiary/aromatic N) is 2. The first kappa shape index (κ1) is 12.9. The fourth-order valence-corrected chi connectivity index (χ4v) is 1.43. The molecule has 0 aliphatic carbocycles. The molecular formula is C13H11FN2O3. The van der Waals surface area contributed by atoms with Crippen LogP contribution in [0.2, 0.25) is 0 Å². The minimum atomic E-state index is -0.641. The van der Waals surface area contributed by atoms with E-state index in [-0.39, 0.29) is 22.9 Å². The SMILES string of the molecule is COC(=O)c1cc(F)c(C)c(Oc2ncccn2)c1. The predicted octanol–water partition coefficient (Wildman–Crippen LogP) is 2.50. The van der Waals surface area contributed by atoms with Crippen molar-refractivity contribution in [2.24, 2.45) is 0 Å². The molecule has 0 atom stereocenters. The molecule has 0 fully saturated rings. The molecule has 0 saturated heterocycles. The summed E-state index contributed by atoms with van der Waals surface area (Å²) in [5.41, 5.74) is 0.330. The highest BCUT2D eigenvalue weighted by Gasteiger charge is 2.14. The van der Waals surface area contributed by atoms with Crippen molar-refractivity contribution in [2.45, 2.75) is 6.92 Å². The van der Waals surface area contributed by atoms with Crippen molar-refractivity contribution < 1.29 is 18.7 Å². The molecule has 0 bridgehead atoms. The van der Waals surface area contributed by atoms with Gasteiger partial charge in [0.25, 0.3) is 0 Å². The molecule has 0 amide bonds. The van der Waals surface area contributed by atoms with E-state index in [0.717, 1.165) is 6.07 Å². The zero-order valence-corrected chi connectivity index (χ0v) is 10.4. The van der Waals surface area contributed by atoms with E-state index in [1.807, 2.05) is 0 Å².